The largest absolute Gasteiger partial charge is 0.493 e. The van der Waals surface area contributed by atoms with E-state index in [4.69, 9.17) is 4.74 Å². The summed E-state index contributed by atoms with van der Waals surface area (Å²) in [6, 6.07) is 16.6. The van der Waals surface area contributed by atoms with Crippen molar-refractivity contribution in [1.29, 1.82) is 0 Å². The minimum absolute atomic E-state index is 0.732. The van der Waals surface area contributed by atoms with Crippen molar-refractivity contribution < 1.29 is 4.74 Å². The minimum atomic E-state index is 0.732. The highest BCUT2D eigenvalue weighted by Gasteiger charge is 2.08. The lowest BCUT2D eigenvalue weighted by Gasteiger charge is -2.10. The summed E-state index contributed by atoms with van der Waals surface area (Å²) in [6.07, 6.45) is 0.942. The van der Waals surface area contributed by atoms with Gasteiger partial charge in [-0.05, 0) is 17.7 Å². The number of fused-ring (bicyclic) bond motifs is 2. The summed E-state index contributed by atoms with van der Waals surface area (Å²) in [4.78, 5) is 0. The number of hydrogen-bond donors (Lipinski definition) is 1. The van der Waals surface area contributed by atoms with Gasteiger partial charge in [-0.25, -0.2) is 0 Å². The molecular weight excluding hydrogens is 210 g/mol. The van der Waals surface area contributed by atoms with E-state index >= 15 is 0 Å². The Balaban J connectivity index is 1.94. The van der Waals surface area contributed by atoms with Crippen LogP contribution in [0.25, 0.3) is 0 Å². The standard InChI is InChI=1S/C15H15NO/c1-3-7-14-12(5-1)9-10-17-15-8-4-2-6-13(15)11-16-14/h1-8,16H,9-11H2. The summed E-state index contributed by atoms with van der Waals surface area (Å²) < 4.78 is 5.83. The van der Waals surface area contributed by atoms with Crippen LogP contribution >= 0.6 is 0 Å². The van der Waals surface area contributed by atoms with Crippen LogP contribution in [0.4, 0.5) is 5.69 Å². The summed E-state index contributed by atoms with van der Waals surface area (Å²) in [5.41, 5.74) is 3.75. The van der Waals surface area contributed by atoms with E-state index in [1.807, 2.05) is 18.2 Å². The lowest BCUT2D eigenvalue weighted by Crippen LogP contribution is -2.01. The molecule has 86 valence electrons. The fraction of sp³-hybridized carbons (Fsp3) is 0.200. The summed E-state index contributed by atoms with van der Waals surface area (Å²) in [7, 11) is 0. The van der Waals surface area contributed by atoms with Crippen LogP contribution in [0.1, 0.15) is 11.1 Å². The van der Waals surface area contributed by atoms with E-state index in [9.17, 15) is 0 Å². The maximum atomic E-state index is 5.83. The zero-order chi connectivity index (χ0) is 11.5. The van der Waals surface area contributed by atoms with Gasteiger partial charge in [0.1, 0.15) is 5.75 Å². The average molecular weight is 225 g/mol. The Morgan fingerprint density at radius 3 is 2.59 bits per heavy atom. The van der Waals surface area contributed by atoms with Crippen LogP contribution in [0, 0.1) is 0 Å². The first-order valence-corrected chi connectivity index (χ1v) is 5.96. The van der Waals surface area contributed by atoms with Crippen molar-refractivity contribution in [3.05, 3.63) is 59.7 Å². The monoisotopic (exact) mass is 225 g/mol. The van der Waals surface area contributed by atoms with Crippen LogP contribution < -0.4 is 10.1 Å². The van der Waals surface area contributed by atoms with Crippen molar-refractivity contribution in [3.8, 4) is 5.75 Å². The van der Waals surface area contributed by atoms with E-state index in [1.165, 1.54) is 16.8 Å². The van der Waals surface area contributed by atoms with E-state index in [0.29, 0.717) is 0 Å². The second-order valence-electron chi connectivity index (χ2n) is 4.22. The number of ether oxygens (including phenoxy) is 1. The summed E-state index contributed by atoms with van der Waals surface area (Å²) in [5.74, 6) is 0.993. The highest BCUT2D eigenvalue weighted by atomic mass is 16.5. The van der Waals surface area contributed by atoms with E-state index in [-0.39, 0.29) is 0 Å². The lowest BCUT2D eigenvalue weighted by atomic mass is 10.1. The summed E-state index contributed by atoms with van der Waals surface area (Å²) in [6.45, 7) is 1.54. The number of para-hydroxylation sites is 2. The quantitative estimate of drug-likeness (QED) is 0.743. The van der Waals surface area contributed by atoms with E-state index in [2.05, 4.69) is 35.6 Å². The number of benzene rings is 2. The zero-order valence-electron chi connectivity index (χ0n) is 9.65. The molecule has 0 saturated heterocycles. The van der Waals surface area contributed by atoms with Crippen molar-refractivity contribution in [2.75, 3.05) is 11.9 Å². The van der Waals surface area contributed by atoms with E-state index < -0.39 is 0 Å². The number of anilines is 1. The van der Waals surface area contributed by atoms with Crippen LogP contribution in [0.2, 0.25) is 0 Å². The Bertz CT molecular complexity index is 474. The molecule has 17 heavy (non-hydrogen) atoms. The van der Waals surface area contributed by atoms with Gasteiger partial charge in [-0.3, -0.25) is 0 Å². The predicted molar refractivity (Wildman–Crippen MR) is 69.4 cm³/mol. The van der Waals surface area contributed by atoms with Crippen LogP contribution in [0.5, 0.6) is 5.75 Å². The Morgan fingerprint density at radius 1 is 0.882 bits per heavy atom. The Hall–Kier alpha value is -1.96. The van der Waals surface area contributed by atoms with Gasteiger partial charge >= 0.3 is 0 Å². The Labute approximate surface area is 101 Å². The van der Waals surface area contributed by atoms with Crippen molar-refractivity contribution in [1.82, 2.24) is 0 Å². The molecule has 2 heteroatoms. The second kappa shape index (κ2) is 4.50. The van der Waals surface area contributed by atoms with Gasteiger partial charge in [0.05, 0.1) is 6.61 Å². The normalized spacial score (nSPS) is 14.1. The highest BCUT2D eigenvalue weighted by Crippen LogP contribution is 2.24. The molecule has 1 aliphatic rings. The number of nitrogens with one attached hydrogen (secondary N) is 1. The predicted octanol–water partition coefficient (Wildman–Crippen LogP) is 3.23. The molecule has 3 rings (SSSR count). The van der Waals surface area contributed by atoms with Gasteiger partial charge in [0.2, 0.25) is 0 Å². The van der Waals surface area contributed by atoms with E-state index in [0.717, 1.165) is 25.3 Å². The molecule has 0 bridgehead atoms. The third kappa shape index (κ3) is 2.11. The van der Waals surface area contributed by atoms with Crippen LogP contribution in [-0.4, -0.2) is 6.61 Å². The first kappa shape index (κ1) is 10.2. The molecule has 2 aromatic rings. The topological polar surface area (TPSA) is 21.3 Å². The molecule has 0 fully saturated rings. The summed E-state index contributed by atoms with van der Waals surface area (Å²) in [5, 5.41) is 3.48. The third-order valence-electron chi connectivity index (χ3n) is 3.09. The molecule has 0 atom stereocenters. The van der Waals surface area contributed by atoms with Crippen LogP contribution in [-0.2, 0) is 13.0 Å². The smallest absolute Gasteiger partial charge is 0.124 e. The molecule has 1 N–H and O–H groups in total. The van der Waals surface area contributed by atoms with Crippen molar-refractivity contribution >= 4 is 5.69 Å². The highest BCUT2D eigenvalue weighted by molar-refractivity contribution is 5.52. The SMILES string of the molecule is c1ccc2c(c1)CCOc1ccccc1CN2. The molecule has 0 unspecified atom stereocenters. The van der Waals surface area contributed by atoms with Gasteiger partial charge < -0.3 is 10.1 Å². The van der Waals surface area contributed by atoms with Gasteiger partial charge in [-0.2, -0.15) is 0 Å². The van der Waals surface area contributed by atoms with Crippen molar-refractivity contribution in [3.63, 3.8) is 0 Å². The van der Waals surface area contributed by atoms with E-state index in [1.54, 1.807) is 0 Å². The maximum absolute atomic E-state index is 5.83. The average Bonchev–Trinajstić information content (AvgIpc) is 2.47. The van der Waals surface area contributed by atoms with Gasteiger partial charge in [0.15, 0.2) is 0 Å². The lowest BCUT2D eigenvalue weighted by molar-refractivity contribution is 0.320. The molecular formula is C15H15NO. The van der Waals surface area contributed by atoms with Gasteiger partial charge in [0.25, 0.3) is 0 Å². The molecule has 0 aliphatic carbocycles. The van der Waals surface area contributed by atoms with Crippen molar-refractivity contribution in [2.24, 2.45) is 0 Å². The Morgan fingerprint density at radius 2 is 1.65 bits per heavy atom. The van der Waals surface area contributed by atoms with Gasteiger partial charge in [-0.1, -0.05) is 36.4 Å². The molecule has 1 aliphatic heterocycles. The zero-order valence-corrected chi connectivity index (χ0v) is 9.65. The van der Waals surface area contributed by atoms with Crippen LogP contribution in [0.3, 0.4) is 0 Å². The molecule has 0 radical (unpaired) electrons. The van der Waals surface area contributed by atoms with Gasteiger partial charge in [-0.15, -0.1) is 0 Å². The summed E-state index contributed by atoms with van der Waals surface area (Å²) >= 11 is 0. The van der Waals surface area contributed by atoms with Gasteiger partial charge in [0, 0.05) is 24.2 Å². The Kier molecular flexibility index (Phi) is 2.70. The van der Waals surface area contributed by atoms with Crippen molar-refractivity contribution in [2.45, 2.75) is 13.0 Å². The maximum Gasteiger partial charge on any atom is 0.124 e. The fourth-order valence-electron chi connectivity index (χ4n) is 2.16. The fourth-order valence-corrected chi connectivity index (χ4v) is 2.16. The number of hydrogen-bond acceptors (Lipinski definition) is 2. The molecule has 0 saturated carbocycles. The molecule has 2 aromatic carbocycles. The second-order valence-corrected chi connectivity index (χ2v) is 4.22. The third-order valence-corrected chi connectivity index (χ3v) is 3.09. The number of rotatable bonds is 0. The molecule has 2 nitrogen and oxygen atoms in total. The minimum Gasteiger partial charge on any atom is -0.493 e. The molecule has 1 heterocycles. The molecule has 0 aromatic heterocycles. The first-order valence-electron chi connectivity index (χ1n) is 5.96. The molecule has 0 amide bonds. The van der Waals surface area contributed by atoms with Crippen LogP contribution in [0.15, 0.2) is 48.5 Å². The first-order chi connectivity index (χ1) is 8.43. The molecule has 0 spiro atoms.